The summed E-state index contributed by atoms with van der Waals surface area (Å²) in [4.78, 5) is 35.9. The van der Waals surface area contributed by atoms with Crippen LogP contribution in [0.4, 0.5) is 5.69 Å². The van der Waals surface area contributed by atoms with Crippen molar-refractivity contribution in [3.8, 4) is 0 Å². The maximum atomic E-state index is 13.0. The van der Waals surface area contributed by atoms with Crippen LogP contribution in [0, 0.1) is 6.92 Å². The zero-order valence-electron chi connectivity index (χ0n) is 20.2. The molecule has 1 aliphatic rings. The van der Waals surface area contributed by atoms with Gasteiger partial charge in [-0.05, 0) is 49.6 Å². The zero-order valence-corrected chi connectivity index (χ0v) is 21.0. The molecule has 1 heterocycles. The summed E-state index contributed by atoms with van der Waals surface area (Å²) >= 11 is 0. The normalized spacial score (nSPS) is 15.7. The fraction of sp³-hybridized carbons (Fsp3) is 0.400. The first-order chi connectivity index (χ1) is 16.5. The highest BCUT2D eigenvalue weighted by Crippen LogP contribution is 2.22. The Balaban J connectivity index is 1.58. The Hall–Kier alpha value is -3.24. The van der Waals surface area contributed by atoms with Crippen LogP contribution in [-0.2, 0) is 30.8 Å². The van der Waals surface area contributed by atoms with Gasteiger partial charge in [-0.25, -0.2) is 8.42 Å². The van der Waals surface area contributed by atoms with Crippen molar-refractivity contribution in [3.05, 3.63) is 59.7 Å². The van der Waals surface area contributed by atoms with Crippen LogP contribution in [-0.4, -0.2) is 55.6 Å². The molecule has 0 saturated carbocycles. The third-order valence-electron chi connectivity index (χ3n) is 5.87. The minimum Gasteiger partial charge on any atom is -0.351 e. The van der Waals surface area contributed by atoms with Gasteiger partial charge in [-0.1, -0.05) is 29.8 Å². The summed E-state index contributed by atoms with van der Waals surface area (Å²) in [6.45, 7) is 5.28. The van der Waals surface area contributed by atoms with Gasteiger partial charge in [0.1, 0.15) is 6.04 Å². The third-order valence-corrected chi connectivity index (χ3v) is 7.78. The highest BCUT2D eigenvalue weighted by atomic mass is 32.2. The lowest BCUT2D eigenvalue weighted by Crippen LogP contribution is -2.53. The fourth-order valence-corrected chi connectivity index (χ4v) is 5.49. The predicted octanol–water partition coefficient (Wildman–Crippen LogP) is 1.97. The van der Waals surface area contributed by atoms with Crippen LogP contribution in [0.1, 0.15) is 37.8 Å². The lowest BCUT2D eigenvalue weighted by Gasteiger charge is -2.32. The summed E-state index contributed by atoms with van der Waals surface area (Å²) in [6, 6.07) is 12.9. The molecule has 0 bridgehead atoms. The average molecular weight is 501 g/mol. The Bertz CT molecular complexity index is 1160. The number of sulfonamides is 1. The van der Waals surface area contributed by atoms with Gasteiger partial charge in [0.15, 0.2) is 0 Å². The van der Waals surface area contributed by atoms with E-state index in [2.05, 4.69) is 16.0 Å². The number of hydrogen-bond donors (Lipinski definition) is 3. The van der Waals surface area contributed by atoms with Gasteiger partial charge in [-0.2, -0.15) is 4.31 Å². The van der Waals surface area contributed by atoms with Gasteiger partial charge < -0.3 is 16.0 Å². The second-order valence-electron chi connectivity index (χ2n) is 8.84. The monoisotopic (exact) mass is 500 g/mol. The Morgan fingerprint density at radius 3 is 2.09 bits per heavy atom. The second kappa shape index (κ2) is 11.5. The van der Waals surface area contributed by atoms with Crippen molar-refractivity contribution in [2.75, 3.05) is 18.4 Å². The molecule has 188 valence electrons. The molecule has 0 aliphatic carbocycles. The maximum Gasteiger partial charge on any atom is 0.243 e. The van der Waals surface area contributed by atoms with Crippen molar-refractivity contribution in [1.29, 1.82) is 0 Å². The molecule has 2 aromatic rings. The number of rotatable bonds is 8. The first-order valence-electron chi connectivity index (χ1n) is 11.6. The van der Waals surface area contributed by atoms with E-state index in [4.69, 9.17) is 0 Å². The molecule has 0 radical (unpaired) electrons. The highest BCUT2D eigenvalue weighted by molar-refractivity contribution is 7.89. The van der Waals surface area contributed by atoms with Crippen molar-refractivity contribution in [2.24, 2.45) is 0 Å². The van der Waals surface area contributed by atoms with E-state index in [0.29, 0.717) is 24.9 Å². The number of nitrogens with zero attached hydrogens (tertiary/aromatic N) is 1. The molecule has 9 nitrogen and oxygen atoms in total. The SMILES string of the molecule is CC(=O)Nc1ccc(S(=O)(=O)N2CCC(NC(=O)[C@@H](Cc3ccc(C)cc3)NC(C)=O)CC2)cc1. The molecule has 3 amide bonds. The summed E-state index contributed by atoms with van der Waals surface area (Å²) in [5.74, 6) is -0.803. The number of amides is 3. The summed E-state index contributed by atoms with van der Waals surface area (Å²) in [5, 5.41) is 8.31. The van der Waals surface area contributed by atoms with Crippen LogP contribution in [0.15, 0.2) is 53.4 Å². The van der Waals surface area contributed by atoms with Crippen LogP contribution < -0.4 is 16.0 Å². The molecule has 1 saturated heterocycles. The average Bonchev–Trinajstić information content (AvgIpc) is 2.80. The van der Waals surface area contributed by atoms with E-state index < -0.39 is 16.1 Å². The molecule has 0 unspecified atom stereocenters. The first-order valence-corrected chi connectivity index (χ1v) is 13.0. The molecule has 0 spiro atoms. The van der Waals surface area contributed by atoms with Crippen LogP contribution in [0.3, 0.4) is 0 Å². The Kier molecular flexibility index (Phi) is 8.63. The Labute approximate surface area is 206 Å². The molecular formula is C25H32N4O5S. The van der Waals surface area contributed by atoms with E-state index in [0.717, 1.165) is 11.1 Å². The fourth-order valence-electron chi connectivity index (χ4n) is 4.02. The minimum absolute atomic E-state index is 0.151. The van der Waals surface area contributed by atoms with E-state index in [-0.39, 0.29) is 41.7 Å². The Morgan fingerprint density at radius 2 is 1.54 bits per heavy atom. The molecule has 1 atom stereocenters. The molecule has 35 heavy (non-hydrogen) atoms. The number of carbonyl (C=O) groups is 3. The number of anilines is 1. The lowest BCUT2D eigenvalue weighted by atomic mass is 10.0. The highest BCUT2D eigenvalue weighted by Gasteiger charge is 2.31. The van der Waals surface area contributed by atoms with Gasteiger partial charge in [-0.3, -0.25) is 14.4 Å². The maximum absolute atomic E-state index is 13.0. The number of hydrogen-bond acceptors (Lipinski definition) is 5. The number of benzene rings is 2. The molecule has 3 N–H and O–H groups in total. The minimum atomic E-state index is -3.68. The summed E-state index contributed by atoms with van der Waals surface area (Å²) < 4.78 is 27.4. The van der Waals surface area contributed by atoms with Crippen molar-refractivity contribution < 1.29 is 22.8 Å². The lowest BCUT2D eigenvalue weighted by molar-refractivity contribution is -0.128. The number of piperidine rings is 1. The molecule has 2 aromatic carbocycles. The quantitative estimate of drug-likeness (QED) is 0.511. The summed E-state index contributed by atoms with van der Waals surface area (Å²) in [5.41, 5.74) is 2.58. The molecule has 3 rings (SSSR count). The van der Waals surface area contributed by atoms with Gasteiger partial charge in [0, 0.05) is 45.1 Å². The van der Waals surface area contributed by atoms with Crippen LogP contribution in [0.2, 0.25) is 0 Å². The van der Waals surface area contributed by atoms with Gasteiger partial charge >= 0.3 is 0 Å². The number of nitrogens with one attached hydrogen (secondary N) is 3. The second-order valence-corrected chi connectivity index (χ2v) is 10.8. The predicted molar refractivity (Wildman–Crippen MR) is 133 cm³/mol. The largest absolute Gasteiger partial charge is 0.351 e. The van der Waals surface area contributed by atoms with E-state index in [1.165, 1.54) is 30.3 Å². The molecular weight excluding hydrogens is 468 g/mol. The van der Waals surface area contributed by atoms with Gasteiger partial charge in [0.05, 0.1) is 4.90 Å². The number of aryl methyl sites for hydroxylation is 1. The Morgan fingerprint density at radius 1 is 0.943 bits per heavy atom. The van der Waals surface area contributed by atoms with E-state index in [1.54, 1.807) is 12.1 Å². The van der Waals surface area contributed by atoms with Crippen molar-refractivity contribution in [1.82, 2.24) is 14.9 Å². The standard InChI is InChI=1S/C25H32N4O5S/c1-17-4-6-20(7-5-17)16-24(27-19(3)31)25(32)28-22-12-14-29(15-13-22)35(33,34)23-10-8-21(9-11-23)26-18(2)30/h4-11,22,24H,12-16H2,1-3H3,(H,26,30)(H,27,31)(H,28,32)/t24-/m1/s1. The van der Waals surface area contributed by atoms with E-state index >= 15 is 0 Å². The van der Waals surface area contributed by atoms with Crippen molar-refractivity contribution in [2.45, 2.75) is 57.0 Å². The summed E-state index contributed by atoms with van der Waals surface area (Å²) in [7, 11) is -3.68. The molecule has 10 heteroatoms. The smallest absolute Gasteiger partial charge is 0.243 e. The van der Waals surface area contributed by atoms with Gasteiger partial charge in [0.2, 0.25) is 27.7 Å². The van der Waals surface area contributed by atoms with Crippen LogP contribution in [0.5, 0.6) is 0 Å². The van der Waals surface area contributed by atoms with E-state index in [9.17, 15) is 22.8 Å². The van der Waals surface area contributed by atoms with Crippen LogP contribution in [0.25, 0.3) is 0 Å². The number of carbonyl (C=O) groups excluding carboxylic acids is 3. The third kappa shape index (κ3) is 7.37. The summed E-state index contributed by atoms with van der Waals surface area (Å²) in [6.07, 6.45) is 1.30. The van der Waals surface area contributed by atoms with Crippen LogP contribution >= 0.6 is 0 Å². The van der Waals surface area contributed by atoms with E-state index in [1.807, 2.05) is 31.2 Å². The molecule has 1 aliphatic heterocycles. The van der Waals surface area contributed by atoms with Gasteiger partial charge in [0.25, 0.3) is 0 Å². The van der Waals surface area contributed by atoms with Crippen molar-refractivity contribution >= 4 is 33.4 Å². The zero-order chi connectivity index (χ0) is 25.6. The first kappa shape index (κ1) is 26.4. The van der Waals surface area contributed by atoms with Gasteiger partial charge in [-0.15, -0.1) is 0 Å². The molecule has 0 aromatic heterocycles. The van der Waals surface area contributed by atoms with Crippen molar-refractivity contribution in [3.63, 3.8) is 0 Å². The molecule has 1 fully saturated rings. The topological polar surface area (TPSA) is 125 Å².